The molecule has 0 unspecified atom stereocenters. The van der Waals surface area contributed by atoms with Crippen molar-refractivity contribution in [2.24, 2.45) is 0 Å². The molecule has 0 heterocycles. The molecule has 0 amide bonds. The Morgan fingerprint density at radius 2 is 0.875 bits per heavy atom. The van der Waals surface area contributed by atoms with Gasteiger partial charge in [-0.15, -0.1) is 0 Å². The van der Waals surface area contributed by atoms with Crippen LogP contribution < -0.4 is 19.2 Å². The van der Waals surface area contributed by atoms with Crippen molar-refractivity contribution in [2.75, 3.05) is 0 Å². The van der Waals surface area contributed by atoms with Gasteiger partial charge in [0, 0.05) is 0 Å². The van der Waals surface area contributed by atoms with Gasteiger partial charge in [0.1, 0.15) is 0 Å². The molecule has 0 spiro atoms. The average Bonchev–Trinajstić information content (AvgIpc) is 0.722. The molecule has 0 aromatic heterocycles. The predicted octanol–water partition coefficient (Wildman–Crippen LogP) is -5.14. The minimum atomic E-state index is -5.61. The number of hydrogen-bond acceptors (Lipinski definition) is 4. The van der Waals surface area contributed by atoms with Crippen molar-refractivity contribution in [2.45, 2.75) is 0 Å². The summed E-state index contributed by atoms with van der Waals surface area (Å²) in [4.78, 5) is 34.3. The maximum atomic E-state index is 8.58. The Bertz CT molecular complexity index is 31.5. The molecule has 0 aromatic carbocycles. The van der Waals surface area contributed by atoms with E-state index >= 15 is 0 Å². The first-order valence-electron chi connectivity index (χ1n) is 0.816. The van der Waals surface area contributed by atoms with Crippen molar-refractivity contribution < 1.29 is 131 Å². The van der Waals surface area contributed by atoms with Crippen LogP contribution >= 0.6 is 0 Å². The summed E-state index contributed by atoms with van der Waals surface area (Å²) in [5.74, 6) is 0. The van der Waals surface area contributed by atoms with Crippen molar-refractivity contribution in [1.29, 1.82) is 0 Å². The van der Waals surface area contributed by atoms with Gasteiger partial charge in [-0.2, -0.15) is 0 Å². The summed E-state index contributed by atoms with van der Waals surface area (Å²) in [6.45, 7) is 0. The molecule has 0 saturated carbocycles. The molecule has 0 aliphatic heterocycles. The van der Waals surface area contributed by atoms with Gasteiger partial charge in [-0.1, -0.05) is 0 Å². The third kappa shape index (κ3) is 52.9. The van der Waals surface area contributed by atoms with Gasteiger partial charge in [-0.25, -0.2) is 0 Å². The molecule has 8 heteroatoms. The van der Waals surface area contributed by atoms with Gasteiger partial charge in [0.2, 0.25) is 0 Å². The van der Waals surface area contributed by atoms with Crippen LogP contribution in [0.25, 0.3) is 0 Å². The van der Waals surface area contributed by atoms with E-state index in [0.29, 0.717) is 0 Å². The Morgan fingerprint density at radius 3 is 0.875 bits per heavy atom. The normalized spacial score (nSPS) is 7.50. The molecule has 0 rings (SSSR count). The van der Waals surface area contributed by atoms with Crippen molar-refractivity contribution >= 4 is 9.05 Å². The Morgan fingerprint density at radius 1 is 0.875 bits per heavy atom. The van der Waals surface area contributed by atoms with Crippen molar-refractivity contribution in [3.63, 3.8) is 0 Å². The van der Waals surface area contributed by atoms with Crippen molar-refractivity contribution in [3.05, 3.63) is 0 Å². The summed E-state index contributed by atoms with van der Waals surface area (Å²) in [6.07, 6.45) is 0. The maximum absolute atomic E-state index is 8.58. The third-order valence-corrected chi connectivity index (χ3v) is 0. The zero-order valence-corrected chi connectivity index (χ0v) is 12.1. The molecule has 8 heavy (non-hydrogen) atoms. The summed E-state index contributed by atoms with van der Waals surface area (Å²) < 4.78 is 0. The van der Waals surface area contributed by atoms with E-state index in [1.165, 1.54) is 0 Å². The maximum Gasteiger partial charge on any atom is 3.00 e. The minimum absolute atomic E-state index is 0. The van der Waals surface area contributed by atoms with E-state index < -0.39 is 9.05 Å². The van der Waals surface area contributed by atoms with Gasteiger partial charge < -0.3 is 28.2 Å². The summed E-state index contributed by atoms with van der Waals surface area (Å²) in [5, 5.41) is 0. The van der Waals surface area contributed by atoms with E-state index in [9.17, 15) is 0 Å². The van der Waals surface area contributed by atoms with Crippen LogP contribution in [0.2, 0.25) is 0 Å². The predicted molar refractivity (Wildman–Crippen MR) is 5.75 cm³/mol. The molecule has 0 aromatic rings. The Kier molecular flexibility index (Phi) is 30.4. The Hall–Kier alpha value is 3.77. The second kappa shape index (κ2) is 10.8. The van der Waals surface area contributed by atoms with E-state index in [1.54, 1.807) is 0 Å². The molecule has 0 aliphatic carbocycles. The molecule has 0 saturated heterocycles. The van der Waals surface area contributed by atoms with Gasteiger partial charge in [-0.3, -0.25) is 0 Å². The van der Waals surface area contributed by atoms with Crippen LogP contribution in [-0.4, -0.2) is 9.05 Å². The first kappa shape index (κ1) is 22.6. The van der Waals surface area contributed by atoms with E-state index in [4.69, 9.17) is 19.2 Å². The van der Waals surface area contributed by atoms with Gasteiger partial charge >= 0.3 is 111 Å². The van der Waals surface area contributed by atoms with E-state index in [0.717, 1.165) is 0 Å². The fourth-order valence-corrected chi connectivity index (χ4v) is 0. The largest absolute Gasteiger partial charge is 3.00 e. The van der Waals surface area contributed by atoms with Crippen LogP contribution in [0, 0.1) is 78.6 Å². The zero-order valence-electron chi connectivity index (χ0n) is 3.47. The smallest absolute Gasteiger partial charge is 0.894 e. The fourth-order valence-electron chi connectivity index (χ4n) is 0. The minimum Gasteiger partial charge on any atom is -0.894 e. The fraction of sp³-hybridized carbons (Fsp3) is 0. The van der Waals surface area contributed by atoms with Crippen molar-refractivity contribution in [1.82, 2.24) is 0 Å². The van der Waals surface area contributed by atoms with Gasteiger partial charge in [-0.05, 0) is 0 Å². The van der Waals surface area contributed by atoms with Crippen LogP contribution in [0.3, 0.4) is 0 Å². The van der Waals surface area contributed by atoms with Gasteiger partial charge in [0.05, 0.1) is 0 Å². The first-order valence-corrected chi connectivity index (χ1v) is 2.45. The quantitative estimate of drug-likeness (QED) is 0.314. The van der Waals surface area contributed by atoms with Crippen LogP contribution in [0.5, 0.6) is 0 Å². The first-order chi connectivity index (χ1) is 2.00. The molecule has 0 N–H and O–H groups in total. The number of hydrogen-bond donors (Lipinski definition) is 0. The standard InChI is InChI=1S/Ce.Lu.O4Si.Y/c;;1-5(2,3)4;/q2*+3;-4;+3. The van der Waals surface area contributed by atoms with Crippen LogP contribution in [0.4, 0.5) is 0 Å². The Labute approximate surface area is 136 Å². The van der Waals surface area contributed by atoms with Crippen LogP contribution in [0.1, 0.15) is 0 Å². The molecule has 4 nitrogen and oxygen atoms in total. The molecular formula is CeLuO4SiY+5. The molecule has 0 atom stereocenters. The van der Waals surface area contributed by atoms with Crippen LogP contribution in [-0.2, 0) is 32.7 Å². The van der Waals surface area contributed by atoms with Crippen LogP contribution in [0.15, 0.2) is 0 Å². The average molecular weight is 496 g/mol. The number of rotatable bonds is 0. The molecular weight excluding hydrogens is 496 g/mol. The van der Waals surface area contributed by atoms with Gasteiger partial charge in [0.15, 0.2) is 0 Å². The SMILES string of the molecule is [Ce+3].[Lu+3].[O-][Si]([O-])([O-])[O-].[Y+3]. The summed E-state index contributed by atoms with van der Waals surface area (Å²) >= 11 is 0. The molecule has 0 bridgehead atoms. The summed E-state index contributed by atoms with van der Waals surface area (Å²) in [5.41, 5.74) is 0. The monoisotopic (exact) mass is 496 g/mol. The third-order valence-electron chi connectivity index (χ3n) is 0. The van der Waals surface area contributed by atoms with Crippen molar-refractivity contribution in [3.8, 4) is 0 Å². The zero-order chi connectivity index (χ0) is 4.50. The second-order valence-corrected chi connectivity index (χ2v) is 1.50. The summed E-state index contributed by atoms with van der Waals surface area (Å²) in [6, 6.07) is 0. The van der Waals surface area contributed by atoms with E-state index in [1.807, 2.05) is 0 Å². The topological polar surface area (TPSA) is 92.2 Å². The van der Waals surface area contributed by atoms with Gasteiger partial charge in [0.25, 0.3) is 0 Å². The Balaban J connectivity index is -0.0000000267. The van der Waals surface area contributed by atoms with E-state index in [-0.39, 0.29) is 111 Å². The second-order valence-electron chi connectivity index (χ2n) is 0.500. The molecule has 0 fully saturated rings. The van der Waals surface area contributed by atoms with E-state index in [2.05, 4.69) is 0 Å². The molecule has 45 valence electrons. The molecule has 0 aliphatic rings. The summed E-state index contributed by atoms with van der Waals surface area (Å²) in [7, 11) is -5.61. The molecule has 1 radical (unpaired) electrons.